The summed E-state index contributed by atoms with van der Waals surface area (Å²) in [5, 5.41) is 3.26. The highest BCUT2D eigenvalue weighted by molar-refractivity contribution is 5.94. The fourth-order valence-electron chi connectivity index (χ4n) is 3.95. The zero-order valence-corrected chi connectivity index (χ0v) is 20.1. The van der Waals surface area contributed by atoms with Gasteiger partial charge in [0.15, 0.2) is 17.6 Å². The summed E-state index contributed by atoms with van der Waals surface area (Å²) in [4.78, 5) is 35.5. The van der Waals surface area contributed by atoms with Crippen LogP contribution in [0.2, 0.25) is 0 Å². The molecule has 1 atom stereocenters. The largest absolute Gasteiger partial charge is 0.435 e. The van der Waals surface area contributed by atoms with Crippen molar-refractivity contribution in [1.29, 1.82) is 0 Å². The van der Waals surface area contributed by atoms with Crippen molar-refractivity contribution in [2.24, 2.45) is 7.05 Å². The molecule has 4 aromatic heterocycles. The lowest BCUT2D eigenvalue weighted by Gasteiger charge is -2.31. The van der Waals surface area contributed by atoms with Gasteiger partial charge in [-0.1, -0.05) is 6.57 Å². The van der Waals surface area contributed by atoms with Crippen LogP contribution in [0.4, 0.5) is 17.3 Å². The Hall–Kier alpha value is -4.56. The minimum atomic E-state index is -0.0656. The SMILES string of the molecule is [C-]#[N+]c1cc(C)c(Oc2cc(Nc3ccc(C(=O)N4CCO[C@H](C)C4)cn3)c3ncn(C)c3n2)cn1. The van der Waals surface area contributed by atoms with E-state index in [4.69, 9.17) is 16.0 Å². The van der Waals surface area contributed by atoms with Crippen LogP contribution in [0.5, 0.6) is 11.6 Å². The Morgan fingerprint density at radius 3 is 2.83 bits per heavy atom. The van der Waals surface area contributed by atoms with E-state index in [9.17, 15) is 4.79 Å². The van der Waals surface area contributed by atoms with Crippen molar-refractivity contribution in [3.8, 4) is 11.6 Å². The Balaban J connectivity index is 1.40. The van der Waals surface area contributed by atoms with Crippen molar-refractivity contribution >= 4 is 34.4 Å². The fraction of sp³-hybridized carbons (Fsp3) is 0.280. The number of ether oxygens (including phenoxy) is 2. The third kappa shape index (κ3) is 4.67. The molecule has 0 spiro atoms. The maximum absolute atomic E-state index is 12.8. The topological polar surface area (TPSA) is 112 Å². The van der Waals surface area contributed by atoms with Crippen molar-refractivity contribution in [3.63, 3.8) is 0 Å². The number of morpholine rings is 1. The average molecular weight is 485 g/mol. The van der Waals surface area contributed by atoms with Gasteiger partial charge >= 0.3 is 0 Å². The van der Waals surface area contributed by atoms with E-state index < -0.39 is 0 Å². The number of amides is 1. The van der Waals surface area contributed by atoms with Crippen LogP contribution in [0, 0.1) is 13.5 Å². The Morgan fingerprint density at radius 1 is 1.25 bits per heavy atom. The molecule has 4 aromatic rings. The number of rotatable bonds is 5. The van der Waals surface area contributed by atoms with Gasteiger partial charge in [-0.3, -0.25) is 4.79 Å². The van der Waals surface area contributed by atoms with Crippen LogP contribution < -0.4 is 10.1 Å². The molecule has 1 aliphatic rings. The number of aromatic nitrogens is 5. The molecule has 0 unspecified atom stereocenters. The normalized spacial score (nSPS) is 15.5. The molecule has 11 heteroatoms. The van der Waals surface area contributed by atoms with Crippen LogP contribution >= 0.6 is 0 Å². The van der Waals surface area contributed by atoms with E-state index in [1.807, 2.05) is 20.9 Å². The summed E-state index contributed by atoms with van der Waals surface area (Å²) in [5.41, 5.74) is 3.20. The molecule has 11 nitrogen and oxygen atoms in total. The number of nitrogens with zero attached hydrogens (tertiary/aromatic N) is 7. The first-order chi connectivity index (χ1) is 17.4. The highest BCUT2D eigenvalue weighted by Crippen LogP contribution is 2.31. The van der Waals surface area contributed by atoms with E-state index in [0.29, 0.717) is 65.4 Å². The molecule has 1 fully saturated rings. The summed E-state index contributed by atoms with van der Waals surface area (Å²) < 4.78 is 13.3. The van der Waals surface area contributed by atoms with E-state index in [1.165, 1.54) is 6.20 Å². The van der Waals surface area contributed by atoms with E-state index >= 15 is 0 Å². The third-order valence-electron chi connectivity index (χ3n) is 5.82. The molecule has 5 rings (SSSR count). The van der Waals surface area contributed by atoms with Gasteiger partial charge < -0.3 is 29.1 Å². The number of nitrogens with one attached hydrogen (secondary N) is 1. The Labute approximate surface area is 207 Å². The van der Waals surface area contributed by atoms with Crippen LogP contribution in [0.3, 0.4) is 0 Å². The van der Waals surface area contributed by atoms with Gasteiger partial charge in [-0.05, 0) is 37.6 Å². The minimum Gasteiger partial charge on any atom is -0.435 e. The molecule has 1 aliphatic heterocycles. The zero-order chi connectivity index (χ0) is 25.2. The number of hydrogen-bond donors (Lipinski definition) is 1. The quantitative estimate of drug-likeness (QED) is 0.423. The molecule has 0 aromatic carbocycles. The summed E-state index contributed by atoms with van der Waals surface area (Å²) in [7, 11) is 1.85. The lowest BCUT2D eigenvalue weighted by atomic mass is 10.2. The number of anilines is 2. The van der Waals surface area contributed by atoms with Gasteiger partial charge in [-0.2, -0.15) is 4.98 Å². The van der Waals surface area contributed by atoms with E-state index in [1.54, 1.807) is 46.3 Å². The summed E-state index contributed by atoms with van der Waals surface area (Å²) in [6, 6.07) is 6.89. The lowest BCUT2D eigenvalue weighted by Crippen LogP contribution is -2.44. The summed E-state index contributed by atoms with van der Waals surface area (Å²) in [5.74, 6) is 1.62. The van der Waals surface area contributed by atoms with Crippen LogP contribution in [0.25, 0.3) is 16.0 Å². The van der Waals surface area contributed by atoms with Crippen molar-refractivity contribution in [2.45, 2.75) is 20.0 Å². The first-order valence-corrected chi connectivity index (χ1v) is 11.4. The molecule has 1 amide bonds. The first-order valence-electron chi connectivity index (χ1n) is 11.4. The molecule has 182 valence electrons. The molecule has 36 heavy (non-hydrogen) atoms. The van der Waals surface area contributed by atoms with Crippen LogP contribution in [0.15, 0.2) is 43.0 Å². The minimum absolute atomic E-state index is 0.0191. The molecule has 0 radical (unpaired) electrons. The second-order valence-electron chi connectivity index (χ2n) is 8.55. The number of imidazole rings is 1. The summed E-state index contributed by atoms with van der Waals surface area (Å²) in [6.07, 6.45) is 4.76. The van der Waals surface area contributed by atoms with Crippen molar-refractivity contribution < 1.29 is 14.3 Å². The predicted molar refractivity (Wildman–Crippen MR) is 133 cm³/mol. The number of fused-ring (bicyclic) bond motifs is 1. The molecular formula is C25H24N8O3. The second-order valence-corrected chi connectivity index (χ2v) is 8.55. The van der Waals surface area contributed by atoms with Gasteiger partial charge in [-0.25, -0.2) is 9.97 Å². The number of carbonyl (C=O) groups is 1. The molecule has 5 heterocycles. The van der Waals surface area contributed by atoms with Crippen LogP contribution in [-0.2, 0) is 11.8 Å². The maximum Gasteiger partial charge on any atom is 0.269 e. The Kier molecular flexibility index (Phi) is 6.18. The molecule has 1 N–H and O–H groups in total. The van der Waals surface area contributed by atoms with Gasteiger partial charge in [0.2, 0.25) is 5.88 Å². The Morgan fingerprint density at radius 2 is 2.11 bits per heavy atom. The lowest BCUT2D eigenvalue weighted by molar-refractivity contribution is -0.0124. The molecule has 0 aliphatic carbocycles. The van der Waals surface area contributed by atoms with E-state index in [2.05, 4.69) is 30.1 Å². The maximum atomic E-state index is 12.8. The fourth-order valence-corrected chi connectivity index (χ4v) is 3.95. The summed E-state index contributed by atoms with van der Waals surface area (Å²) >= 11 is 0. The van der Waals surface area contributed by atoms with Crippen LogP contribution in [0.1, 0.15) is 22.8 Å². The first kappa shape index (κ1) is 23.2. The monoisotopic (exact) mass is 484 g/mol. The molecular weight excluding hydrogens is 460 g/mol. The summed E-state index contributed by atoms with van der Waals surface area (Å²) in [6.45, 7) is 12.6. The van der Waals surface area contributed by atoms with E-state index in [-0.39, 0.29) is 12.0 Å². The van der Waals surface area contributed by atoms with Gasteiger partial charge in [-0.15, -0.1) is 4.98 Å². The molecule has 0 saturated carbocycles. The van der Waals surface area contributed by atoms with Crippen molar-refractivity contribution in [3.05, 3.63) is 65.5 Å². The zero-order valence-electron chi connectivity index (χ0n) is 20.1. The van der Waals surface area contributed by atoms with E-state index in [0.717, 1.165) is 5.56 Å². The van der Waals surface area contributed by atoms with Gasteiger partial charge in [0, 0.05) is 32.4 Å². The van der Waals surface area contributed by atoms with Crippen molar-refractivity contribution in [2.75, 3.05) is 25.0 Å². The standard InChI is InChI=1S/C25H24N8O3/c1-15-9-21(26-3)28-12-19(15)36-22-10-18(23-24(31-22)32(4)14-29-23)30-20-6-5-17(11-27-20)25(34)33-7-8-35-16(2)13-33/h5-6,9-12,14,16H,7-8,13H2,1-2,4H3,(H,27,30,31)/t16-/m1/s1. The number of aryl methyl sites for hydroxylation is 2. The number of pyridine rings is 3. The predicted octanol–water partition coefficient (Wildman–Crippen LogP) is 4.01. The number of hydrogen-bond acceptors (Lipinski definition) is 8. The Bertz CT molecular complexity index is 1480. The highest BCUT2D eigenvalue weighted by Gasteiger charge is 2.23. The van der Waals surface area contributed by atoms with Gasteiger partial charge in [0.1, 0.15) is 11.3 Å². The highest BCUT2D eigenvalue weighted by atomic mass is 16.5. The average Bonchev–Trinajstić information content (AvgIpc) is 3.26. The van der Waals surface area contributed by atoms with Crippen LogP contribution in [-0.4, -0.2) is 61.1 Å². The number of carbonyl (C=O) groups excluding carboxylic acids is 1. The molecule has 0 bridgehead atoms. The van der Waals surface area contributed by atoms with Gasteiger partial charge in [0.25, 0.3) is 11.7 Å². The van der Waals surface area contributed by atoms with Gasteiger partial charge in [0.05, 0.1) is 30.3 Å². The smallest absolute Gasteiger partial charge is 0.269 e. The molecule has 1 saturated heterocycles. The second kappa shape index (κ2) is 9.59. The third-order valence-corrected chi connectivity index (χ3v) is 5.82. The van der Waals surface area contributed by atoms with Crippen molar-refractivity contribution in [1.82, 2.24) is 29.4 Å².